The third kappa shape index (κ3) is 9.10. The standard InChI is InChI=1S/C38H41Cl2N3O6S/c1-48-35-21-19-31(24-36(35)49-2)50(46,47)43(30-16-10-5-11-17-30)26-37(44)42(25-28-18-20-32(39)33(40)22-28)34(23-27-12-6-3-7-13-27)38(45)41-29-14-8-4-9-15-29/h3,5-7,10-13,16-22,24,29,34H,4,8-9,14-15,23,25-26H2,1-2H3,(H,41,45). The summed E-state index contributed by atoms with van der Waals surface area (Å²) < 4.78 is 40.6. The first-order valence-electron chi connectivity index (χ1n) is 16.5. The van der Waals surface area contributed by atoms with Gasteiger partial charge in [-0.25, -0.2) is 8.42 Å². The van der Waals surface area contributed by atoms with Gasteiger partial charge in [0, 0.05) is 25.1 Å². The molecular weight excluding hydrogens is 697 g/mol. The number of hydrogen-bond acceptors (Lipinski definition) is 6. The zero-order chi connectivity index (χ0) is 35.7. The molecule has 1 fully saturated rings. The Morgan fingerprint density at radius 3 is 2.10 bits per heavy atom. The van der Waals surface area contributed by atoms with Crippen LogP contribution >= 0.6 is 23.2 Å². The molecule has 4 aromatic carbocycles. The van der Waals surface area contributed by atoms with Gasteiger partial charge in [0.15, 0.2) is 11.5 Å². The number of rotatable bonds is 14. The molecule has 12 heteroatoms. The average molecular weight is 739 g/mol. The highest BCUT2D eigenvalue weighted by Gasteiger charge is 2.36. The van der Waals surface area contributed by atoms with Gasteiger partial charge in [-0.3, -0.25) is 13.9 Å². The number of methoxy groups -OCH3 is 2. The lowest BCUT2D eigenvalue weighted by molar-refractivity contribution is -0.140. The van der Waals surface area contributed by atoms with Crippen LogP contribution in [0.25, 0.3) is 0 Å². The normalized spacial score (nSPS) is 14.0. The quantitative estimate of drug-likeness (QED) is 0.146. The summed E-state index contributed by atoms with van der Waals surface area (Å²) in [6, 6.07) is 26.1. The molecule has 1 aliphatic rings. The predicted molar refractivity (Wildman–Crippen MR) is 196 cm³/mol. The molecule has 1 aliphatic carbocycles. The second kappa shape index (κ2) is 17.1. The Kier molecular flexibility index (Phi) is 12.7. The Morgan fingerprint density at radius 1 is 0.800 bits per heavy atom. The average Bonchev–Trinajstić information content (AvgIpc) is 3.14. The molecule has 0 heterocycles. The molecule has 0 bridgehead atoms. The number of anilines is 1. The molecule has 1 saturated carbocycles. The molecule has 9 nitrogen and oxygen atoms in total. The van der Waals surface area contributed by atoms with Crippen molar-refractivity contribution >= 4 is 50.7 Å². The van der Waals surface area contributed by atoms with Crippen molar-refractivity contribution in [3.8, 4) is 11.5 Å². The summed E-state index contributed by atoms with van der Waals surface area (Å²) in [5, 5.41) is 3.85. The van der Waals surface area contributed by atoms with E-state index >= 15 is 0 Å². The molecule has 0 radical (unpaired) electrons. The van der Waals surface area contributed by atoms with Gasteiger partial charge in [-0.15, -0.1) is 0 Å². The number of benzene rings is 4. The molecule has 0 aromatic heterocycles. The molecule has 264 valence electrons. The van der Waals surface area contributed by atoms with Crippen molar-refractivity contribution in [2.75, 3.05) is 25.1 Å². The highest BCUT2D eigenvalue weighted by molar-refractivity contribution is 7.92. The van der Waals surface area contributed by atoms with Crippen molar-refractivity contribution < 1.29 is 27.5 Å². The molecule has 50 heavy (non-hydrogen) atoms. The molecule has 0 aliphatic heterocycles. The maximum atomic E-state index is 14.7. The van der Waals surface area contributed by atoms with Gasteiger partial charge in [0.2, 0.25) is 11.8 Å². The predicted octanol–water partition coefficient (Wildman–Crippen LogP) is 7.29. The zero-order valence-electron chi connectivity index (χ0n) is 28.1. The summed E-state index contributed by atoms with van der Waals surface area (Å²) in [6.45, 7) is -0.617. The van der Waals surface area contributed by atoms with Crippen LogP contribution in [0.3, 0.4) is 0 Å². The number of ether oxygens (including phenoxy) is 2. The first-order valence-corrected chi connectivity index (χ1v) is 18.7. The summed E-state index contributed by atoms with van der Waals surface area (Å²) in [5.41, 5.74) is 1.75. The zero-order valence-corrected chi connectivity index (χ0v) is 30.4. The third-order valence-electron chi connectivity index (χ3n) is 8.83. The maximum Gasteiger partial charge on any atom is 0.264 e. The lowest BCUT2D eigenvalue weighted by Gasteiger charge is -2.35. The number of sulfonamides is 1. The van der Waals surface area contributed by atoms with Gasteiger partial charge in [-0.05, 0) is 60.4 Å². The monoisotopic (exact) mass is 737 g/mol. The third-order valence-corrected chi connectivity index (χ3v) is 11.3. The molecule has 0 spiro atoms. The molecule has 4 aromatic rings. The van der Waals surface area contributed by atoms with Crippen molar-refractivity contribution in [3.05, 3.63) is 118 Å². The summed E-state index contributed by atoms with van der Waals surface area (Å²) in [7, 11) is -1.47. The number of amides is 2. The molecule has 2 amide bonds. The van der Waals surface area contributed by atoms with E-state index in [1.54, 1.807) is 48.5 Å². The van der Waals surface area contributed by atoms with E-state index < -0.39 is 28.5 Å². The molecule has 1 N–H and O–H groups in total. The molecule has 0 saturated heterocycles. The highest BCUT2D eigenvalue weighted by atomic mass is 35.5. The van der Waals surface area contributed by atoms with Gasteiger partial charge < -0.3 is 19.7 Å². The van der Waals surface area contributed by atoms with Crippen LogP contribution in [0.4, 0.5) is 5.69 Å². The highest BCUT2D eigenvalue weighted by Crippen LogP contribution is 2.33. The van der Waals surface area contributed by atoms with Crippen LogP contribution in [0.5, 0.6) is 11.5 Å². The largest absolute Gasteiger partial charge is 0.493 e. The Bertz CT molecular complexity index is 1870. The second-order valence-electron chi connectivity index (χ2n) is 12.2. The van der Waals surface area contributed by atoms with Crippen LogP contribution in [-0.2, 0) is 32.6 Å². The minimum Gasteiger partial charge on any atom is -0.493 e. The summed E-state index contributed by atoms with van der Waals surface area (Å²) in [5.74, 6) is -0.308. The van der Waals surface area contributed by atoms with E-state index in [0.717, 1.165) is 42.0 Å². The topological polar surface area (TPSA) is 105 Å². The Labute approximate surface area is 304 Å². The van der Waals surface area contributed by atoms with Gasteiger partial charge in [-0.2, -0.15) is 0 Å². The van der Waals surface area contributed by atoms with Crippen LogP contribution < -0.4 is 19.1 Å². The van der Waals surface area contributed by atoms with E-state index in [-0.39, 0.29) is 41.2 Å². The van der Waals surface area contributed by atoms with E-state index in [1.165, 1.54) is 37.3 Å². The number of para-hydroxylation sites is 1. The van der Waals surface area contributed by atoms with Crippen LogP contribution in [0, 0.1) is 0 Å². The van der Waals surface area contributed by atoms with Crippen molar-refractivity contribution in [3.63, 3.8) is 0 Å². The smallest absolute Gasteiger partial charge is 0.264 e. The summed E-state index contributed by atoms with van der Waals surface area (Å²) in [4.78, 5) is 30.4. The van der Waals surface area contributed by atoms with E-state index in [0.29, 0.717) is 21.4 Å². The summed E-state index contributed by atoms with van der Waals surface area (Å²) >= 11 is 12.6. The molecule has 1 unspecified atom stereocenters. The fourth-order valence-corrected chi connectivity index (χ4v) is 7.91. The van der Waals surface area contributed by atoms with E-state index in [9.17, 15) is 18.0 Å². The van der Waals surface area contributed by atoms with Gasteiger partial charge in [0.1, 0.15) is 12.6 Å². The van der Waals surface area contributed by atoms with Gasteiger partial charge >= 0.3 is 0 Å². The van der Waals surface area contributed by atoms with Gasteiger partial charge in [0.05, 0.1) is 34.8 Å². The molecule has 5 rings (SSSR count). The molecule has 1 atom stereocenters. The number of nitrogens with one attached hydrogen (secondary N) is 1. The van der Waals surface area contributed by atoms with Crippen molar-refractivity contribution in [2.24, 2.45) is 0 Å². The summed E-state index contributed by atoms with van der Waals surface area (Å²) in [6.07, 6.45) is 5.07. The van der Waals surface area contributed by atoms with Gasteiger partial charge in [0.25, 0.3) is 10.0 Å². The van der Waals surface area contributed by atoms with Gasteiger partial charge in [-0.1, -0.05) is 97.1 Å². The second-order valence-corrected chi connectivity index (χ2v) is 14.9. The number of carbonyl (C=O) groups is 2. The van der Waals surface area contributed by atoms with E-state index in [2.05, 4.69) is 5.32 Å². The van der Waals surface area contributed by atoms with Crippen molar-refractivity contribution in [2.45, 2.75) is 62.0 Å². The Balaban J connectivity index is 1.58. The first-order chi connectivity index (χ1) is 24.1. The van der Waals surface area contributed by atoms with Crippen molar-refractivity contribution in [1.29, 1.82) is 0 Å². The van der Waals surface area contributed by atoms with Crippen LogP contribution in [0.1, 0.15) is 43.2 Å². The number of nitrogens with zero attached hydrogens (tertiary/aromatic N) is 2. The van der Waals surface area contributed by atoms with Crippen LogP contribution in [0.15, 0.2) is 102 Å². The Hall–Kier alpha value is -4.25. The first kappa shape index (κ1) is 37.0. The van der Waals surface area contributed by atoms with Crippen LogP contribution in [0.2, 0.25) is 10.0 Å². The SMILES string of the molecule is COc1ccc(S(=O)(=O)N(CC(=O)N(Cc2ccc(Cl)c(Cl)c2)C(Cc2ccccc2)C(=O)NC2CCCCC2)c2ccccc2)cc1OC. The number of halogens is 2. The Morgan fingerprint density at radius 2 is 1.46 bits per heavy atom. The molecular formula is C38H41Cl2N3O6S. The fraction of sp³-hybridized carbons (Fsp3) is 0.316. The number of carbonyl (C=O) groups excluding carboxylic acids is 2. The maximum absolute atomic E-state index is 14.7. The lowest BCUT2D eigenvalue weighted by Crippen LogP contribution is -2.55. The van der Waals surface area contributed by atoms with E-state index in [4.69, 9.17) is 32.7 Å². The minimum atomic E-state index is -4.34. The van der Waals surface area contributed by atoms with Crippen molar-refractivity contribution in [1.82, 2.24) is 10.2 Å². The number of hydrogen-bond donors (Lipinski definition) is 1. The van der Waals surface area contributed by atoms with E-state index in [1.807, 2.05) is 30.3 Å². The fourth-order valence-electron chi connectivity index (χ4n) is 6.16. The van der Waals surface area contributed by atoms with Crippen LogP contribution in [-0.4, -0.2) is 58.0 Å². The lowest BCUT2D eigenvalue weighted by atomic mass is 9.94. The minimum absolute atomic E-state index is 0.0114.